The first-order valence-corrected chi connectivity index (χ1v) is 9.90. The van der Waals surface area contributed by atoms with E-state index in [2.05, 4.69) is 6.08 Å². The van der Waals surface area contributed by atoms with E-state index in [4.69, 9.17) is 0 Å². The lowest BCUT2D eigenvalue weighted by molar-refractivity contribution is -0.139. The average molecular weight is 372 g/mol. The smallest absolute Gasteiger partial charge is 0.228 e. The third kappa shape index (κ3) is 4.96. The largest absolute Gasteiger partial charge is 0.340 e. The summed E-state index contributed by atoms with van der Waals surface area (Å²) in [6, 6.07) is 6.58. The lowest BCUT2D eigenvalue weighted by atomic mass is 9.94. The number of amides is 2. The molecule has 3 saturated heterocycles. The van der Waals surface area contributed by atoms with Crippen LogP contribution in [0.25, 0.3) is 0 Å². The number of benzene rings is 1. The van der Waals surface area contributed by atoms with Crippen LogP contribution in [-0.4, -0.2) is 47.3 Å². The first-order chi connectivity index (χ1) is 12.9. The molecule has 3 aliphatic rings. The fourth-order valence-corrected chi connectivity index (χ4v) is 4.02. The van der Waals surface area contributed by atoms with Crippen molar-refractivity contribution in [2.24, 2.45) is 5.92 Å². The Bertz CT molecular complexity index is 710. The van der Waals surface area contributed by atoms with Gasteiger partial charge in [-0.1, -0.05) is 23.8 Å². The summed E-state index contributed by atoms with van der Waals surface area (Å²) in [5, 5.41) is 0. The molecule has 3 aliphatic heterocycles. The summed E-state index contributed by atoms with van der Waals surface area (Å²) in [6.45, 7) is 5.92. The van der Waals surface area contributed by atoms with Crippen LogP contribution in [0.15, 0.2) is 35.9 Å². The number of rotatable bonds is 6. The molecular formula is C22H29FN2O2. The minimum Gasteiger partial charge on any atom is -0.340 e. The topological polar surface area (TPSA) is 40.6 Å². The third-order valence-electron chi connectivity index (χ3n) is 5.61. The first kappa shape index (κ1) is 19.6. The van der Waals surface area contributed by atoms with Gasteiger partial charge in [0.15, 0.2) is 0 Å². The minimum absolute atomic E-state index is 0.0599. The van der Waals surface area contributed by atoms with Gasteiger partial charge in [0.05, 0.1) is 5.92 Å². The van der Waals surface area contributed by atoms with E-state index >= 15 is 0 Å². The van der Waals surface area contributed by atoms with Crippen molar-refractivity contribution in [3.63, 3.8) is 0 Å². The van der Waals surface area contributed by atoms with Crippen molar-refractivity contribution in [2.75, 3.05) is 19.6 Å². The maximum atomic E-state index is 13.0. The Morgan fingerprint density at radius 1 is 1.19 bits per heavy atom. The number of carbonyl (C=O) groups is 2. The number of hydrogen-bond acceptors (Lipinski definition) is 2. The Balaban J connectivity index is 1.56. The normalized spacial score (nSPS) is 22.0. The van der Waals surface area contributed by atoms with Gasteiger partial charge in [0.25, 0.3) is 0 Å². The summed E-state index contributed by atoms with van der Waals surface area (Å²) in [5.74, 6) is 0.0313. The Labute approximate surface area is 161 Å². The van der Waals surface area contributed by atoms with E-state index in [0.29, 0.717) is 26.1 Å². The molecule has 2 atom stereocenters. The van der Waals surface area contributed by atoms with Crippen LogP contribution in [0.1, 0.15) is 45.1 Å². The molecule has 1 aromatic rings. The molecular weight excluding hydrogens is 343 g/mol. The molecule has 1 aromatic carbocycles. The maximum absolute atomic E-state index is 13.0. The van der Waals surface area contributed by atoms with E-state index in [1.54, 1.807) is 12.1 Å². The van der Waals surface area contributed by atoms with E-state index < -0.39 is 0 Å². The highest BCUT2D eigenvalue weighted by atomic mass is 19.1. The highest BCUT2D eigenvalue weighted by Crippen LogP contribution is 2.29. The monoisotopic (exact) mass is 372 g/mol. The molecule has 0 N–H and O–H groups in total. The number of hydrogen-bond donors (Lipinski definition) is 0. The standard InChI is InChI=1S/C22H29FN2O2/c1-16(2)12-13-25-20-11-8-18(22(25)27)14-24(15-20)21(26)5-3-4-17-6-9-19(23)10-7-17/h6-7,9-10,12,18,20H,3-5,8,11,13-15H2,1-2H3/t18-,20+/m0/s1. The molecule has 2 amide bonds. The van der Waals surface area contributed by atoms with Crippen molar-refractivity contribution in [1.29, 1.82) is 0 Å². The van der Waals surface area contributed by atoms with E-state index in [1.165, 1.54) is 17.7 Å². The fourth-order valence-electron chi connectivity index (χ4n) is 4.02. The van der Waals surface area contributed by atoms with Crippen LogP contribution < -0.4 is 0 Å². The van der Waals surface area contributed by atoms with Crippen LogP contribution in [0.5, 0.6) is 0 Å². The van der Waals surface area contributed by atoms with Gasteiger partial charge < -0.3 is 9.80 Å². The van der Waals surface area contributed by atoms with Crippen molar-refractivity contribution >= 4 is 11.8 Å². The molecule has 0 radical (unpaired) electrons. The van der Waals surface area contributed by atoms with Gasteiger partial charge in [-0.15, -0.1) is 0 Å². The molecule has 146 valence electrons. The van der Waals surface area contributed by atoms with Crippen LogP contribution >= 0.6 is 0 Å². The number of halogens is 1. The lowest BCUT2D eigenvalue weighted by Crippen LogP contribution is -2.48. The van der Waals surface area contributed by atoms with Crippen molar-refractivity contribution in [2.45, 2.75) is 52.0 Å². The predicted octanol–water partition coefficient (Wildman–Crippen LogP) is 3.56. The fraction of sp³-hybridized carbons (Fsp3) is 0.545. The second kappa shape index (κ2) is 8.68. The van der Waals surface area contributed by atoms with E-state index in [9.17, 15) is 14.0 Å². The van der Waals surface area contributed by atoms with Crippen LogP contribution in [0, 0.1) is 11.7 Å². The average Bonchev–Trinajstić information content (AvgIpc) is 2.93. The molecule has 3 fully saturated rings. The van der Waals surface area contributed by atoms with Crippen molar-refractivity contribution in [3.8, 4) is 0 Å². The minimum atomic E-state index is -0.239. The zero-order valence-corrected chi connectivity index (χ0v) is 16.3. The molecule has 0 spiro atoms. The molecule has 5 heteroatoms. The van der Waals surface area contributed by atoms with Crippen molar-refractivity contribution < 1.29 is 14.0 Å². The van der Waals surface area contributed by atoms with Gasteiger partial charge in [-0.25, -0.2) is 4.39 Å². The number of carbonyl (C=O) groups excluding carboxylic acids is 2. The molecule has 2 bridgehead atoms. The van der Waals surface area contributed by atoms with E-state index in [0.717, 1.165) is 31.2 Å². The van der Waals surface area contributed by atoms with Crippen LogP contribution in [0.3, 0.4) is 0 Å². The maximum Gasteiger partial charge on any atom is 0.228 e. The Kier molecular flexibility index (Phi) is 6.30. The van der Waals surface area contributed by atoms with Gasteiger partial charge >= 0.3 is 0 Å². The summed E-state index contributed by atoms with van der Waals surface area (Å²) in [4.78, 5) is 29.3. The summed E-state index contributed by atoms with van der Waals surface area (Å²) in [5.41, 5.74) is 2.25. The van der Waals surface area contributed by atoms with E-state index in [1.807, 2.05) is 23.6 Å². The number of allylic oxidation sites excluding steroid dienone is 1. The van der Waals surface area contributed by atoms with Crippen molar-refractivity contribution in [3.05, 3.63) is 47.3 Å². The van der Waals surface area contributed by atoms with Gasteiger partial charge in [-0.2, -0.15) is 0 Å². The second-order valence-corrected chi connectivity index (χ2v) is 7.98. The predicted molar refractivity (Wildman–Crippen MR) is 104 cm³/mol. The van der Waals surface area contributed by atoms with Gasteiger partial charge in [-0.3, -0.25) is 9.59 Å². The summed E-state index contributed by atoms with van der Waals surface area (Å²) >= 11 is 0. The van der Waals surface area contributed by atoms with Gasteiger partial charge in [0.2, 0.25) is 11.8 Å². The van der Waals surface area contributed by atoms with Gasteiger partial charge in [0.1, 0.15) is 5.82 Å². The highest BCUT2D eigenvalue weighted by molar-refractivity contribution is 5.83. The zero-order valence-electron chi connectivity index (χ0n) is 16.3. The Hall–Kier alpha value is -2.17. The first-order valence-electron chi connectivity index (χ1n) is 9.90. The quantitative estimate of drug-likeness (QED) is 0.717. The summed E-state index contributed by atoms with van der Waals surface area (Å²) < 4.78 is 13.0. The molecule has 0 aliphatic carbocycles. The SMILES string of the molecule is CC(C)=CCN1C(=O)[C@H]2CC[C@@H]1CN(C(=O)CCCc1ccc(F)cc1)C2. The highest BCUT2D eigenvalue weighted by Gasteiger charge is 2.41. The number of fused-ring (bicyclic) bond motifs is 4. The second-order valence-electron chi connectivity index (χ2n) is 7.98. The molecule has 27 heavy (non-hydrogen) atoms. The molecule has 0 unspecified atom stereocenters. The number of aryl methyl sites for hydroxylation is 1. The van der Waals surface area contributed by atoms with Crippen LogP contribution in [0.4, 0.5) is 4.39 Å². The zero-order chi connectivity index (χ0) is 19.4. The Morgan fingerprint density at radius 3 is 2.63 bits per heavy atom. The van der Waals surface area contributed by atoms with Crippen LogP contribution in [0.2, 0.25) is 0 Å². The molecule has 0 saturated carbocycles. The van der Waals surface area contributed by atoms with Gasteiger partial charge in [-0.05, 0) is 57.2 Å². The Morgan fingerprint density at radius 2 is 1.93 bits per heavy atom. The molecule has 4 nitrogen and oxygen atoms in total. The molecule has 0 aromatic heterocycles. The van der Waals surface area contributed by atoms with Gasteiger partial charge in [0, 0.05) is 32.1 Å². The molecule has 4 rings (SSSR count). The lowest BCUT2D eigenvalue weighted by Gasteiger charge is -2.35. The summed E-state index contributed by atoms with van der Waals surface area (Å²) in [6.07, 6.45) is 5.93. The van der Waals surface area contributed by atoms with E-state index in [-0.39, 0.29) is 29.6 Å². The number of piperidine rings is 1. The van der Waals surface area contributed by atoms with Crippen molar-refractivity contribution in [1.82, 2.24) is 9.80 Å². The summed E-state index contributed by atoms with van der Waals surface area (Å²) in [7, 11) is 0. The number of nitrogens with zero attached hydrogens (tertiary/aromatic N) is 2. The third-order valence-corrected chi connectivity index (χ3v) is 5.61. The van der Waals surface area contributed by atoms with Crippen LogP contribution in [-0.2, 0) is 16.0 Å². The molecule has 3 heterocycles.